The number of para-hydroxylation sites is 1. The topological polar surface area (TPSA) is 76.4 Å². The molecule has 0 bridgehead atoms. The van der Waals surface area contributed by atoms with Crippen molar-refractivity contribution >= 4 is 11.7 Å². The largest absolute Gasteiger partial charge is 0.491 e. The van der Waals surface area contributed by atoms with Gasteiger partial charge in [-0.1, -0.05) is 53.7 Å². The Morgan fingerprint density at radius 3 is 2.72 bits per heavy atom. The highest BCUT2D eigenvalue weighted by molar-refractivity contribution is 5.94. The highest BCUT2D eigenvalue weighted by Crippen LogP contribution is 2.33. The molecule has 4 rings (SSSR count). The molecule has 0 saturated carbocycles. The van der Waals surface area contributed by atoms with Gasteiger partial charge in [0.05, 0.1) is 6.04 Å². The molecule has 2 amide bonds. The van der Waals surface area contributed by atoms with Crippen LogP contribution in [0.15, 0.2) is 59.1 Å². The number of benzene rings is 2. The maximum absolute atomic E-state index is 12.5. The van der Waals surface area contributed by atoms with Crippen molar-refractivity contribution in [3.8, 4) is 17.1 Å². The summed E-state index contributed by atoms with van der Waals surface area (Å²) in [5.41, 5.74) is 3.02. The van der Waals surface area contributed by atoms with E-state index in [1.165, 1.54) is 0 Å². The lowest BCUT2D eigenvalue weighted by molar-refractivity contribution is 0.243. The Hall–Kier alpha value is -3.28. The summed E-state index contributed by atoms with van der Waals surface area (Å²) < 4.78 is 11.0. The van der Waals surface area contributed by atoms with E-state index in [1.54, 1.807) is 6.92 Å². The van der Waals surface area contributed by atoms with E-state index in [-0.39, 0.29) is 12.1 Å². The number of aromatic nitrogens is 1. The number of amides is 2. The molecule has 0 saturated heterocycles. The number of fused-ring (bicyclic) bond motifs is 1. The normalized spacial score (nSPS) is 15.3. The van der Waals surface area contributed by atoms with E-state index in [4.69, 9.17) is 9.26 Å². The third-order valence-corrected chi connectivity index (χ3v) is 4.14. The third kappa shape index (κ3) is 2.94. The number of carbonyl (C=O) groups excluding carboxylic acids is 1. The molecule has 2 N–H and O–H groups in total. The number of nitrogens with one attached hydrogen (secondary N) is 2. The van der Waals surface area contributed by atoms with E-state index in [9.17, 15) is 4.79 Å². The minimum Gasteiger partial charge on any atom is -0.491 e. The zero-order valence-corrected chi connectivity index (χ0v) is 13.7. The van der Waals surface area contributed by atoms with Gasteiger partial charge in [0.25, 0.3) is 0 Å². The van der Waals surface area contributed by atoms with E-state index in [2.05, 4.69) is 15.8 Å². The highest BCUT2D eigenvalue weighted by Gasteiger charge is 2.26. The number of aryl methyl sites for hydroxylation is 1. The molecule has 1 atom stereocenters. The van der Waals surface area contributed by atoms with Crippen LogP contribution in [0.1, 0.15) is 17.3 Å². The van der Waals surface area contributed by atoms with Gasteiger partial charge in [0.15, 0.2) is 5.76 Å². The first-order valence-electron chi connectivity index (χ1n) is 8.03. The maximum Gasteiger partial charge on any atom is 0.320 e. The molecule has 1 unspecified atom stereocenters. The van der Waals surface area contributed by atoms with Crippen molar-refractivity contribution in [2.24, 2.45) is 0 Å². The molecule has 6 heteroatoms. The van der Waals surface area contributed by atoms with Gasteiger partial charge in [-0.2, -0.15) is 0 Å². The molecular weight excluding hydrogens is 318 g/mol. The molecule has 0 fully saturated rings. The summed E-state index contributed by atoms with van der Waals surface area (Å²) in [4.78, 5) is 12.5. The average molecular weight is 335 g/mol. The zero-order chi connectivity index (χ0) is 17.2. The first-order chi connectivity index (χ1) is 12.2. The van der Waals surface area contributed by atoms with Crippen LogP contribution in [-0.2, 0) is 0 Å². The van der Waals surface area contributed by atoms with E-state index in [0.29, 0.717) is 23.7 Å². The quantitative estimate of drug-likeness (QED) is 0.761. The number of anilines is 1. The molecule has 0 aliphatic carbocycles. The van der Waals surface area contributed by atoms with Gasteiger partial charge in [-0.15, -0.1) is 0 Å². The van der Waals surface area contributed by atoms with Gasteiger partial charge in [0, 0.05) is 11.1 Å². The first-order valence-corrected chi connectivity index (χ1v) is 8.03. The molecule has 25 heavy (non-hydrogen) atoms. The van der Waals surface area contributed by atoms with Crippen molar-refractivity contribution < 1.29 is 14.1 Å². The molecule has 0 spiro atoms. The van der Waals surface area contributed by atoms with Crippen LogP contribution in [0.25, 0.3) is 11.3 Å². The number of urea groups is 1. The number of nitrogens with zero attached hydrogens (tertiary/aromatic N) is 1. The number of hydrogen-bond donors (Lipinski definition) is 2. The molecule has 2 aromatic carbocycles. The summed E-state index contributed by atoms with van der Waals surface area (Å²) in [6.07, 6.45) is 0. The van der Waals surface area contributed by atoms with Gasteiger partial charge >= 0.3 is 6.03 Å². The van der Waals surface area contributed by atoms with Crippen molar-refractivity contribution in [2.45, 2.75) is 13.0 Å². The Balaban J connectivity index is 1.52. The Kier molecular flexibility index (Phi) is 3.85. The molecule has 0 radical (unpaired) electrons. The lowest BCUT2D eigenvalue weighted by Gasteiger charge is -2.13. The van der Waals surface area contributed by atoms with Gasteiger partial charge < -0.3 is 19.9 Å². The Bertz CT molecular complexity index is 905. The fourth-order valence-electron chi connectivity index (χ4n) is 2.89. The minimum atomic E-state index is -0.325. The number of carbonyl (C=O) groups is 1. The molecule has 1 aromatic heterocycles. The van der Waals surface area contributed by atoms with E-state index in [0.717, 1.165) is 16.9 Å². The van der Waals surface area contributed by atoms with E-state index in [1.807, 2.05) is 54.6 Å². The molecule has 2 heterocycles. The zero-order valence-electron chi connectivity index (χ0n) is 13.7. The van der Waals surface area contributed by atoms with Crippen LogP contribution in [0.4, 0.5) is 10.5 Å². The van der Waals surface area contributed by atoms with Crippen LogP contribution in [0.3, 0.4) is 0 Å². The predicted octanol–water partition coefficient (Wildman–Crippen LogP) is 3.91. The Morgan fingerprint density at radius 2 is 1.88 bits per heavy atom. The van der Waals surface area contributed by atoms with Gasteiger partial charge in [-0.25, -0.2) is 4.79 Å². The third-order valence-electron chi connectivity index (χ3n) is 4.14. The summed E-state index contributed by atoms with van der Waals surface area (Å²) >= 11 is 0. The van der Waals surface area contributed by atoms with Gasteiger partial charge in [-0.3, -0.25) is 0 Å². The number of ether oxygens (including phenoxy) is 1. The highest BCUT2D eigenvalue weighted by atomic mass is 16.5. The molecule has 126 valence electrons. The number of rotatable bonds is 3. The lowest BCUT2D eigenvalue weighted by atomic mass is 10.1. The van der Waals surface area contributed by atoms with Crippen molar-refractivity contribution in [1.29, 1.82) is 0 Å². The monoisotopic (exact) mass is 335 g/mol. The fourth-order valence-corrected chi connectivity index (χ4v) is 2.89. The van der Waals surface area contributed by atoms with Crippen LogP contribution in [0, 0.1) is 6.92 Å². The fraction of sp³-hybridized carbons (Fsp3) is 0.158. The van der Waals surface area contributed by atoms with Crippen LogP contribution >= 0.6 is 0 Å². The van der Waals surface area contributed by atoms with E-state index < -0.39 is 0 Å². The average Bonchev–Trinajstić information content (AvgIpc) is 3.20. The lowest BCUT2D eigenvalue weighted by Crippen LogP contribution is -2.33. The SMILES string of the molecule is Cc1noc(-c2ccccc2)c1NC(=O)NC1COc2ccccc21. The molecular formula is C19H17N3O3. The summed E-state index contributed by atoms with van der Waals surface area (Å²) in [5, 5.41) is 9.76. The summed E-state index contributed by atoms with van der Waals surface area (Å²) in [6.45, 7) is 2.21. The molecule has 6 nitrogen and oxygen atoms in total. The van der Waals surface area contributed by atoms with Crippen molar-refractivity contribution in [3.63, 3.8) is 0 Å². The molecule has 3 aromatic rings. The summed E-state index contributed by atoms with van der Waals surface area (Å²) in [7, 11) is 0. The van der Waals surface area contributed by atoms with Crippen molar-refractivity contribution in [3.05, 3.63) is 65.9 Å². The van der Waals surface area contributed by atoms with Crippen molar-refractivity contribution in [2.75, 3.05) is 11.9 Å². The number of hydrogen-bond acceptors (Lipinski definition) is 4. The Labute approximate surface area is 144 Å². The van der Waals surface area contributed by atoms with Crippen molar-refractivity contribution in [1.82, 2.24) is 10.5 Å². The van der Waals surface area contributed by atoms with Crippen LogP contribution in [0.5, 0.6) is 5.75 Å². The van der Waals surface area contributed by atoms with E-state index >= 15 is 0 Å². The second kappa shape index (κ2) is 6.32. The first kappa shape index (κ1) is 15.3. The van der Waals surface area contributed by atoms with Gasteiger partial charge in [0.2, 0.25) is 0 Å². The Morgan fingerprint density at radius 1 is 1.12 bits per heavy atom. The molecule has 1 aliphatic heterocycles. The van der Waals surface area contributed by atoms with Crippen LogP contribution in [-0.4, -0.2) is 17.8 Å². The van der Waals surface area contributed by atoms with Crippen LogP contribution < -0.4 is 15.4 Å². The summed E-state index contributed by atoms with van der Waals surface area (Å²) in [6, 6.07) is 16.7. The predicted molar refractivity (Wildman–Crippen MR) is 93.5 cm³/mol. The van der Waals surface area contributed by atoms with Crippen LogP contribution in [0.2, 0.25) is 0 Å². The molecule has 1 aliphatic rings. The van der Waals surface area contributed by atoms with Gasteiger partial charge in [-0.05, 0) is 13.0 Å². The second-order valence-corrected chi connectivity index (χ2v) is 5.84. The van der Waals surface area contributed by atoms with Gasteiger partial charge in [0.1, 0.15) is 23.7 Å². The maximum atomic E-state index is 12.5. The standard InChI is InChI=1S/C19H17N3O3/c1-12-17(18(25-22-12)13-7-3-2-4-8-13)21-19(23)20-15-11-24-16-10-6-5-9-14(15)16/h2-10,15H,11H2,1H3,(H2,20,21,23). The second-order valence-electron chi connectivity index (χ2n) is 5.84. The minimum absolute atomic E-state index is 0.184. The smallest absolute Gasteiger partial charge is 0.320 e. The summed E-state index contributed by atoms with van der Waals surface area (Å²) in [5.74, 6) is 1.34.